The lowest BCUT2D eigenvalue weighted by molar-refractivity contribution is 0.568. The molecule has 17 heavy (non-hydrogen) atoms. The van der Waals surface area contributed by atoms with Crippen LogP contribution < -0.4 is 10.6 Å². The van der Waals surface area contributed by atoms with Crippen molar-refractivity contribution in [3.8, 4) is 0 Å². The minimum atomic E-state index is 0.740. The van der Waals surface area contributed by atoms with Crippen LogP contribution in [0.5, 0.6) is 0 Å². The van der Waals surface area contributed by atoms with Gasteiger partial charge in [-0.05, 0) is 47.9 Å². The van der Waals surface area contributed by atoms with Crippen molar-refractivity contribution < 1.29 is 0 Å². The SMILES string of the molecule is CCCNC(=S)NCCCn1cc(Br)c(C)n1. The van der Waals surface area contributed by atoms with E-state index in [1.165, 1.54) is 0 Å². The summed E-state index contributed by atoms with van der Waals surface area (Å²) in [6.45, 7) is 6.80. The molecule has 0 fully saturated rings. The molecule has 1 aromatic rings. The Hall–Kier alpha value is -0.620. The van der Waals surface area contributed by atoms with Gasteiger partial charge in [0.15, 0.2) is 5.11 Å². The second-order valence-corrected chi connectivity index (χ2v) is 5.12. The van der Waals surface area contributed by atoms with E-state index in [2.05, 4.69) is 38.6 Å². The normalized spacial score (nSPS) is 10.3. The molecule has 0 aliphatic rings. The van der Waals surface area contributed by atoms with Crippen molar-refractivity contribution in [3.63, 3.8) is 0 Å². The van der Waals surface area contributed by atoms with Gasteiger partial charge >= 0.3 is 0 Å². The lowest BCUT2D eigenvalue weighted by Crippen LogP contribution is -2.36. The van der Waals surface area contributed by atoms with E-state index < -0.39 is 0 Å². The number of aryl methyl sites for hydroxylation is 2. The zero-order chi connectivity index (χ0) is 12.7. The number of nitrogens with zero attached hydrogens (tertiary/aromatic N) is 2. The molecule has 0 aliphatic carbocycles. The Morgan fingerprint density at radius 3 is 2.76 bits per heavy atom. The van der Waals surface area contributed by atoms with Crippen molar-refractivity contribution >= 4 is 33.3 Å². The number of rotatable bonds is 6. The highest BCUT2D eigenvalue weighted by Crippen LogP contribution is 2.12. The predicted molar refractivity (Wildman–Crippen MR) is 78.2 cm³/mol. The van der Waals surface area contributed by atoms with Gasteiger partial charge in [-0.1, -0.05) is 6.92 Å². The molecule has 0 aromatic carbocycles. The number of hydrogen-bond acceptors (Lipinski definition) is 2. The fourth-order valence-electron chi connectivity index (χ4n) is 1.35. The number of aromatic nitrogens is 2. The molecule has 0 bridgehead atoms. The average Bonchev–Trinajstić information content (AvgIpc) is 2.61. The predicted octanol–water partition coefficient (Wildman–Crippen LogP) is 2.22. The van der Waals surface area contributed by atoms with Gasteiger partial charge in [-0.2, -0.15) is 5.10 Å². The molecule has 0 atom stereocenters. The average molecular weight is 319 g/mol. The van der Waals surface area contributed by atoms with Crippen molar-refractivity contribution in [2.45, 2.75) is 33.2 Å². The lowest BCUT2D eigenvalue weighted by Gasteiger charge is -2.09. The van der Waals surface area contributed by atoms with E-state index >= 15 is 0 Å². The Bertz CT molecular complexity index is 345. The molecule has 0 saturated heterocycles. The first-order valence-corrected chi connectivity index (χ1v) is 7.05. The van der Waals surface area contributed by atoms with E-state index in [1.54, 1.807) is 0 Å². The fraction of sp³-hybridized carbons (Fsp3) is 0.636. The maximum absolute atomic E-state index is 5.12. The molecule has 0 aliphatic heterocycles. The minimum Gasteiger partial charge on any atom is -0.363 e. The minimum absolute atomic E-state index is 0.740. The summed E-state index contributed by atoms with van der Waals surface area (Å²) in [7, 11) is 0. The number of thiocarbonyl (C=S) groups is 1. The highest BCUT2D eigenvalue weighted by molar-refractivity contribution is 9.10. The fourth-order valence-corrected chi connectivity index (χ4v) is 1.87. The highest BCUT2D eigenvalue weighted by atomic mass is 79.9. The summed E-state index contributed by atoms with van der Waals surface area (Å²) >= 11 is 8.57. The van der Waals surface area contributed by atoms with Crippen LogP contribution in [0.1, 0.15) is 25.5 Å². The topological polar surface area (TPSA) is 41.9 Å². The summed E-state index contributed by atoms with van der Waals surface area (Å²) < 4.78 is 3.01. The zero-order valence-electron chi connectivity index (χ0n) is 10.3. The number of nitrogens with one attached hydrogen (secondary N) is 2. The maximum atomic E-state index is 5.12. The van der Waals surface area contributed by atoms with Crippen molar-refractivity contribution in [1.29, 1.82) is 0 Å². The molecule has 0 amide bonds. The molecule has 0 unspecified atom stereocenters. The van der Waals surface area contributed by atoms with E-state index in [0.717, 1.165) is 47.8 Å². The van der Waals surface area contributed by atoms with Gasteiger partial charge in [0.05, 0.1) is 10.2 Å². The van der Waals surface area contributed by atoms with Crippen molar-refractivity contribution in [3.05, 3.63) is 16.4 Å². The van der Waals surface area contributed by atoms with Crippen LogP contribution in [-0.4, -0.2) is 28.0 Å². The van der Waals surface area contributed by atoms with Gasteiger partial charge < -0.3 is 10.6 Å². The summed E-state index contributed by atoms with van der Waals surface area (Å²) in [5, 5.41) is 11.4. The third-order valence-corrected chi connectivity index (χ3v) is 3.34. The van der Waals surface area contributed by atoms with Gasteiger partial charge in [-0.25, -0.2) is 0 Å². The van der Waals surface area contributed by atoms with Crippen LogP contribution in [0.15, 0.2) is 10.7 Å². The zero-order valence-corrected chi connectivity index (χ0v) is 12.7. The first-order chi connectivity index (χ1) is 8.13. The van der Waals surface area contributed by atoms with Gasteiger partial charge in [-0.15, -0.1) is 0 Å². The molecule has 4 nitrogen and oxygen atoms in total. The Kier molecular flexibility index (Phi) is 6.50. The molecular weight excluding hydrogens is 300 g/mol. The van der Waals surface area contributed by atoms with Crippen molar-refractivity contribution in [2.75, 3.05) is 13.1 Å². The summed E-state index contributed by atoms with van der Waals surface area (Å²) in [6, 6.07) is 0. The van der Waals surface area contributed by atoms with Crippen LogP contribution in [0, 0.1) is 6.92 Å². The Morgan fingerprint density at radius 1 is 1.47 bits per heavy atom. The molecule has 1 rings (SSSR count). The summed E-state index contributed by atoms with van der Waals surface area (Å²) in [5.41, 5.74) is 1.03. The molecule has 0 spiro atoms. The van der Waals surface area contributed by atoms with Crippen LogP contribution >= 0.6 is 28.1 Å². The van der Waals surface area contributed by atoms with Crippen LogP contribution in [-0.2, 0) is 6.54 Å². The van der Waals surface area contributed by atoms with Gasteiger partial charge in [0.2, 0.25) is 0 Å². The highest BCUT2D eigenvalue weighted by Gasteiger charge is 2.00. The number of halogens is 1. The van der Waals surface area contributed by atoms with Gasteiger partial charge in [0, 0.05) is 25.8 Å². The number of hydrogen-bond donors (Lipinski definition) is 2. The molecule has 0 saturated carbocycles. The molecule has 1 aromatic heterocycles. The van der Waals surface area contributed by atoms with E-state index in [-0.39, 0.29) is 0 Å². The van der Waals surface area contributed by atoms with Crippen molar-refractivity contribution in [1.82, 2.24) is 20.4 Å². The summed E-state index contributed by atoms with van der Waals surface area (Å²) in [4.78, 5) is 0. The molecule has 6 heteroatoms. The largest absolute Gasteiger partial charge is 0.363 e. The van der Waals surface area contributed by atoms with E-state index in [9.17, 15) is 0 Å². The Labute approximate surface area is 116 Å². The summed E-state index contributed by atoms with van der Waals surface area (Å²) in [6.07, 6.45) is 4.09. The second kappa shape index (κ2) is 7.66. The molecule has 0 radical (unpaired) electrons. The van der Waals surface area contributed by atoms with Gasteiger partial charge in [-0.3, -0.25) is 4.68 Å². The summed E-state index contributed by atoms with van der Waals surface area (Å²) in [5.74, 6) is 0. The first-order valence-electron chi connectivity index (χ1n) is 5.84. The Balaban J connectivity index is 2.14. The monoisotopic (exact) mass is 318 g/mol. The van der Waals surface area contributed by atoms with E-state index in [4.69, 9.17) is 12.2 Å². The van der Waals surface area contributed by atoms with Crippen LogP contribution in [0.2, 0.25) is 0 Å². The Morgan fingerprint density at radius 2 is 2.18 bits per heavy atom. The van der Waals surface area contributed by atoms with Crippen LogP contribution in [0.25, 0.3) is 0 Å². The molecule has 2 N–H and O–H groups in total. The van der Waals surface area contributed by atoms with E-state index in [1.807, 2.05) is 17.8 Å². The first kappa shape index (κ1) is 14.4. The van der Waals surface area contributed by atoms with Crippen molar-refractivity contribution in [2.24, 2.45) is 0 Å². The van der Waals surface area contributed by atoms with Gasteiger partial charge in [0.1, 0.15) is 0 Å². The molecular formula is C11H19BrN4S. The smallest absolute Gasteiger partial charge is 0.166 e. The van der Waals surface area contributed by atoms with E-state index in [0.29, 0.717) is 0 Å². The lowest BCUT2D eigenvalue weighted by atomic mass is 10.4. The second-order valence-electron chi connectivity index (χ2n) is 3.86. The molecule has 1 heterocycles. The van der Waals surface area contributed by atoms with Gasteiger partial charge in [0.25, 0.3) is 0 Å². The maximum Gasteiger partial charge on any atom is 0.166 e. The molecule has 96 valence electrons. The standard InChI is InChI=1S/C11H19BrN4S/c1-3-5-13-11(17)14-6-4-7-16-8-10(12)9(2)15-16/h8H,3-7H2,1-2H3,(H2,13,14,17). The van der Waals surface area contributed by atoms with Crippen LogP contribution in [0.4, 0.5) is 0 Å². The quantitative estimate of drug-likeness (QED) is 0.623. The third-order valence-electron chi connectivity index (χ3n) is 2.27. The third kappa shape index (κ3) is 5.50. The van der Waals surface area contributed by atoms with Crippen LogP contribution in [0.3, 0.4) is 0 Å².